The SMILES string of the molecule is CN1CCN(c2ccc(Nc3ncc(Cl)c(NCCc4ccccc4F)n3)nc2)CC1. The summed E-state index contributed by atoms with van der Waals surface area (Å²) < 4.78 is 13.8. The van der Waals surface area contributed by atoms with E-state index in [9.17, 15) is 4.39 Å². The number of hydrogen-bond donors (Lipinski definition) is 2. The summed E-state index contributed by atoms with van der Waals surface area (Å²) in [5.41, 5.74) is 1.74. The van der Waals surface area contributed by atoms with E-state index >= 15 is 0 Å². The highest BCUT2D eigenvalue weighted by molar-refractivity contribution is 6.32. The Morgan fingerprint density at radius 1 is 1.03 bits per heavy atom. The zero-order chi connectivity index (χ0) is 21.6. The molecule has 1 aliphatic heterocycles. The third kappa shape index (κ3) is 5.59. The van der Waals surface area contributed by atoms with Crippen molar-refractivity contribution in [3.8, 4) is 0 Å². The predicted octanol–water partition coefficient (Wildman–Crippen LogP) is 3.81. The van der Waals surface area contributed by atoms with Gasteiger partial charge in [0.1, 0.15) is 16.7 Å². The third-order valence-corrected chi connectivity index (χ3v) is 5.52. The molecule has 162 valence electrons. The van der Waals surface area contributed by atoms with Gasteiger partial charge in [0.15, 0.2) is 5.82 Å². The fourth-order valence-corrected chi connectivity index (χ4v) is 3.55. The second-order valence-corrected chi connectivity index (χ2v) is 7.88. The standard InChI is InChI=1S/C22H25ClFN7/c1-30-10-12-31(13-11-30)17-6-7-20(26-14-17)28-22-27-15-18(23)21(29-22)25-9-8-16-4-2-3-5-19(16)24/h2-7,14-15H,8-13H2,1H3,(H2,25,26,27,28,29). The lowest BCUT2D eigenvalue weighted by Crippen LogP contribution is -2.44. The molecule has 0 spiro atoms. The number of piperazine rings is 1. The van der Waals surface area contributed by atoms with Crippen LogP contribution >= 0.6 is 11.6 Å². The second kappa shape index (κ2) is 9.89. The highest BCUT2D eigenvalue weighted by atomic mass is 35.5. The van der Waals surface area contributed by atoms with Crippen LogP contribution in [0.5, 0.6) is 0 Å². The van der Waals surface area contributed by atoms with Crippen LogP contribution < -0.4 is 15.5 Å². The first-order chi connectivity index (χ1) is 15.1. The van der Waals surface area contributed by atoms with Gasteiger partial charge < -0.3 is 20.4 Å². The molecule has 0 radical (unpaired) electrons. The Bertz CT molecular complexity index is 1010. The van der Waals surface area contributed by atoms with Gasteiger partial charge in [-0.05, 0) is 37.2 Å². The van der Waals surface area contributed by atoms with Crippen molar-refractivity contribution in [3.05, 3.63) is 65.2 Å². The lowest BCUT2D eigenvalue weighted by Gasteiger charge is -2.33. The molecule has 1 saturated heterocycles. The number of hydrogen-bond acceptors (Lipinski definition) is 7. The van der Waals surface area contributed by atoms with Crippen LogP contribution in [-0.2, 0) is 6.42 Å². The topological polar surface area (TPSA) is 69.2 Å². The molecule has 0 saturated carbocycles. The Balaban J connectivity index is 1.36. The molecule has 3 aromatic rings. The van der Waals surface area contributed by atoms with Crippen LogP contribution in [0, 0.1) is 5.82 Å². The Labute approximate surface area is 186 Å². The summed E-state index contributed by atoms with van der Waals surface area (Å²) in [5.74, 6) is 1.31. The quantitative estimate of drug-likeness (QED) is 0.577. The van der Waals surface area contributed by atoms with Crippen LogP contribution in [0.15, 0.2) is 48.8 Å². The van der Waals surface area contributed by atoms with E-state index in [4.69, 9.17) is 11.6 Å². The van der Waals surface area contributed by atoms with Gasteiger partial charge in [0.25, 0.3) is 0 Å². The van der Waals surface area contributed by atoms with Crippen molar-refractivity contribution in [2.24, 2.45) is 0 Å². The van der Waals surface area contributed by atoms with E-state index in [1.165, 1.54) is 12.3 Å². The van der Waals surface area contributed by atoms with Crippen molar-refractivity contribution in [1.29, 1.82) is 0 Å². The summed E-state index contributed by atoms with van der Waals surface area (Å²) in [6.45, 7) is 4.58. The van der Waals surface area contributed by atoms with E-state index in [1.807, 2.05) is 24.4 Å². The first kappa shape index (κ1) is 21.3. The number of rotatable bonds is 7. The smallest absolute Gasteiger partial charge is 0.230 e. The van der Waals surface area contributed by atoms with Crippen LogP contribution in [-0.4, -0.2) is 59.6 Å². The van der Waals surface area contributed by atoms with Crippen molar-refractivity contribution >= 4 is 34.9 Å². The average molecular weight is 442 g/mol. The minimum atomic E-state index is -0.216. The lowest BCUT2D eigenvalue weighted by atomic mass is 10.1. The first-order valence-corrected chi connectivity index (χ1v) is 10.6. The molecule has 0 amide bonds. The Morgan fingerprint density at radius 2 is 1.84 bits per heavy atom. The van der Waals surface area contributed by atoms with E-state index in [-0.39, 0.29) is 5.82 Å². The molecule has 1 aromatic carbocycles. The molecule has 0 aliphatic carbocycles. The molecule has 4 rings (SSSR count). The maximum absolute atomic E-state index is 13.8. The molecule has 0 atom stereocenters. The minimum absolute atomic E-state index is 0.216. The largest absolute Gasteiger partial charge is 0.368 e. The van der Waals surface area contributed by atoms with Crippen molar-refractivity contribution in [1.82, 2.24) is 19.9 Å². The summed E-state index contributed by atoms with van der Waals surface area (Å²) in [4.78, 5) is 17.8. The van der Waals surface area contributed by atoms with Crippen LogP contribution in [0.2, 0.25) is 5.02 Å². The molecule has 7 nitrogen and oxygen atoms in total. The number of nitrogens with one attached hydrogen (secondary N) is 2. The molecule has 0 bridgehead atoms. The van der Waals surface area contributed by atoms with E-state index in [0.29, 0.717) is 41.1 Å². The molecular weight excluding hydrogens is 417 g/mol. The fraction of sp³-hybridized carbons (Fsp3) is 0.318. The summed E-state index contributed by atoms with van der Waals surface area (Å²) in [7, 11) is 2.14. The monoisotopic (exact) mass is 441 g/mol. The highest BCUT2D eigenvalue weighted by Gasteiger charge is 2.14. The molecule has 31 heavy (non-hydrogen) atoms. The van der Waals surface area contributed by atoms with Gasteiger partial charge in [0.05, 0.1) is 18.1 Å². The van der Waals surface area contributed by atoms with Crippen molar-refractivity contribution in [3.63, 3.8) is 0 Å². The zero-order valence-corrected chi connectivity index (χ0v) is 18.1. The van der Waals surface area contributed by atoms with Gasteiger partial charge in [-0.25, -0.2) is 14.4 Å². The van der Waals surface area contributed by atoms with Crippen LogP contribution in [0.25, 0.3) is 0 Å². The predicted molar refractivity (Wildman–Crippen MR) is 123 cm³/mol. The number of benzene rings is 1. The third-order valence-electron chi connectivity index (χ3n) is 5.24. The van der Waals surface area contributed by atoms with E-state index in [1.54, 1.807) is 12.1 Å². The molecule has 0 unspecified atom stereocenters. The highest BCUT2D eigenvalue weighted by Crippen LogP contribution is 2.22. The van der Waals surface area contributed by atoms with E-state index < -0.39 is 0 Å². The lowest BCUT2D eigenvalue weighted by molar-refractivity contribution is 0.313. The maximum Gasteiger partial charge on any atom is 0.230 e. The van der Waals surface area contributed by atoms with Crippen molar-refractivity contribution < 1.29 is 4.39 Å². The average Bonchev–Trinajstić information content (AvgIpc) is 2.78. The van der Waals surface area contributed by atoms with Gasteiger partial charge in [-0.3, -0.25) is 0 Å². The second-order valence-electron chi connectivity index (χ2n) is 7.48. The van der Waals surface area contributed by atoms with Crippen LogP contribution in [0.1, 0.15) is 5.56 Å². The van der Waals surface area contributed by atoms with Gasteiger partial charge >= 0.3 is 0 Å². The molecule has 9 heteroatoms. The minimum Gasteiger partial charge on any atom is -0.368 e. The Kier molecular flexibility index (Phi) is 6.79. The Hall–Kier alpha value is -2.97. The number of nitrogens with zero attached hydrogens (tertiary/aromatic N) is 5. The summed E-state index contributed by atoms with van der Waals surface area (Å²) in [6, 6.07) is 10.7. The fourth-order valence-electron chi connectivity index (χ4n) is 3.39. The van der Waals surface area contributed by atoms with Gasteiger partial charge in [-0.1, -0.05) is 29.8 Å². The van der Waals surface area contributed by atoms with E-state index in [2.05, 4.69) is 42.4 Å². The number of pyridine rings is 1. The normalized spacial score (nSPS) is 14.5. The van der Waals surface area contributed by atoms with Crippen molar-refractivity contribution in [2.75, 3.05) is 55.3 Å². The summed E-state index contributed by atoms with van der Waals surface area (Å²) in [5, 5.41) is 6.66. The number of aromatic nitrogens is 3. The maximum atomic E-state index is 13.8. The van der Waals surface area contributed by atoms with Crippen molar-refractivity contribution in [2.45, 2.75) is 6.42 Å². The van der Waals surface area contributed by atoms with E-state index in [0.717, 1.165) is 31.9 Å². The zero-order valence-electron chi connectivity index (χ0n) is 17.4. The molecule has 1 fully saturated rings. The van der Waals surface area contributed by atoms with Gasteiger partial charge in [0.2, 0.25) is 5.95 Å². The number of anilines is 4. The number of likely N-dealkylation sites (N-methyl/N-ethyl adjacent to an activating group) is 1. The van der Waals surface area contributed by atoms with Crippen LogP contribution in [0.3, 0.4) is 0 Å². The van der Waals surface area contributed by atoms with Gasteiger partial charge in [0, 0.05) is 32.7 Å². The molecule has 3 heterocycles. The molecule has 2 aromatic heterocycles. The van der Waals surface area contributed by atoms with Crippen LogP contribution in [0.4, 0.5) is 27.7 Å². The molecular formula is C22H25ClFN7. The first-order valence-electron chi connectivity index (χ1n) is 10.2. The van der Waals surface area contributed by atoms with Gasteiger partial charge in [-0.2, -0.15) is 4.98 Å². The summed E-state index contributed by atoms with van der Waals surface area (Å²) in [6.07, 6.45) is 3.91. The molecule has 2 N–H and O–H groups in total. The molecule has 1 aliphatic rings. The van der Waals surface area contributed by atoms with Gasteiger partial charge in [-0.15, -0.1) is 0 Å². The Morgan fingerprint density at radius 3 is 2.58 bits per heavy atom. The number of halogens is 2. The summed E-state index contributed by atoms with van der Waals surface area (Å²) >= 11 is 6.22.